The van der Waals surface area contributed by atoms with E-state index >= 15 is 0 Å². The number of imidazole rings is 1. The second-order valence-electron chi connectivity index (χ2n) is 6.81. The van der Waals surface area contributed by atoms with Crippen LogP contribution in [0.3, 0.4) is 0 Å². The second kappa shape index (κ2) is 7.45. The maximum atomic E-state index is 14.4. The third kappa shape index (κ3) is 3.58. The first-order valence-electron chi connectivity index (χ1n) is 9.20. The van der Waals surface area contributed by atoms with E-state index in [1.807, 2.05) is 13.0 Å². The molecule has 0 amide bonds. The van der Waals surface area contributed by atoms with Crippen molar-refractivity contribution in [3.8, 4) is 5.69 Å². The summed E-state index contributed by atoms with van der Waals surface area (Å²) in [5.74, 6) is 0.475. The van der Waals surface area contributed by atoms with Crippen molar-refractivity contribution >= 4 is 5.96 Å². The quantitative estimate of drug-likeness (QED) is 0.637. The predicted molar refractivity (Wildman–Crippen MR) is 97.8 cm³/mol. The van der Waals surface area contributed by atoms with Gasteiger partial charge in [0.15, 0.2) is 5.96 Å². The summed E-state index contributed by atoms with van der Waals surface area (Å²) >= 11 is 0. The Labute approximate surface area is 152 Å². The molecule has 0 aliphatic carbocycles. The number of aliphatic imine (C=N–C) groups is 1. The summed E-state index contributed by atoms with van der Waals surface area (Å²) in [7, 11) is 0. The van der Waals surface area contributed by atoms with E-state index in [4.69, 9.17) is 4.74 Å². The van der Waals surface area contributed by atoms with E-state index in [1.54, 1.807) is 29.4 Å². The van der Waals surface area contributed by atoms with Crippen LogP contribution in [0, 0.1) is 5.82 Å². The zero-order valence-corrected chi connectivity index (χ0v) is 14.9. The highest BCUT2D eigenvalue weighted by molar-refractivity contribution is 5.80. The molecule has 2 bridgehead atoms. The molecule has 2 saturated heterocycles. The number of nitrogens with zero attached hydrogens (tertiary/aromatic N) is 3. The van der Waals surface area contributed by atoms with Gasteiger partial charge in [-0.2, -0.15) is 0 Å². The minimum atomic E-state index is -0.282. The van der Waals surface area contributed by atoms with Gasteiger partial charge in [-0.15, -0.1) is 0 Å². The number of fused-ring (bicyclic) bond motifs is 2. The molecule has 3 unspecified atom stereocenters. The van der Waals surface area contributed by atoms with Crippen molar-refractivity contribution in [3.05, 3.63) is 48.3 Å². The first kappa shape index (κ1) is 17.0. The van der Waals surface area contributed by atoms with Gasteiger partial charge in [-0.3, -0.25) is 0 Å². The molecule has 0 spiro atoms. The zero-order chi connectivity index (χ0) is 17.9. The molecule has 2 fully saturated rings. The van der Waals surface area contributed by atoms with Gasteiger partial charge in [-0.05, 0) is 43.9 Å². The lowest BCUT2D eigenvalue weighted by Crippen LogP contribution is -2.47. The molecule has 7 heteroatoms. The summed E-state index contributed by atoms with van der Waals surface area (Å²) in [5.41, 5.74) is 1.31. The van der Waals surface area contributed by atoms with Gasteiger partial charge in [0.2, 0.25) is 0 Å². The van der Waals surface area contributed by atoms with Crippen LogP contribution in [0.4, 0.5) is 4.39 Å². The number of hydrogen-bond acceptors (Lipinski definition) is 3. The van der Waals surface area contributed by atoms with E-state index in [2.05, 4.69) is 20.6 Å². The Morgan fingerprint density at radius 2 is 2.35 bits per heavy atom. The van der Waals surface area contributed by atoms with Crippen molar-refractivity contribution in [1.29, 1.82) is 0 Å². The fourth-order valence-corrected chi connectivity index (χ4v) is 3.72. The maximum Gasteiger partial charge on any atom is 0.191 e. The molecule has 26 heavy (non-hydrogen) atoms. The van der Waals surface area contributed by atoms with Crippen LogP contribution in [0.5, 0.6) is 0 Å². The van der Waals surface area contributed by atoms with E-state index in [1.165, 1.54) is 12.5 Å². The number of nitrogens with one attached hydrogen (secondary N) is 2. The van der Waals surface area contributed by atoms with Gasteiger partial charge >= 0.3 is 0 Å². The van der Waals surface area contributed by atoms with Gasteiger partial charge < -0.3 is 19.9 Å². The zero-order valence-electron chi connectivity index (χ0n) is 14.9. The van der Waals surface area contributed by atoms with Crippen LogP contribution in [0.1, 0.15) is 31.7 Å². The molecule has 4 rings (SSSR count). The molecule has 1 aromatic carbocycles. The molecule has 2 N–H and O–H groups in total. The van der Waals surface area contributed by atoms with E-state index in [0.717, 1.165) is 30.9 Å². The molecule has 2 aliphatic rings. The van der Waals surface area contributed by atoms with Crippen molar-refractivity contribution in [3.63, 3.8) is 0 Å². The molecule has 138 valence electrons. The third-order valence-electron chi connectivity index (χ3n) is 4.99. The molecular formula is C19H24FN5O. The molecule has 0 radical (unpaired) electrons. The molecule has 0 saturated carbocycles. The smallest absolute Gasteiger partial charge is 0.191 e. The SMILES string of the molecule is CCNC(=NCc1ccc(-n2ccnc2)c(F)c1)NC1CC2CCC1O2. The summed E-state index contributed by atoms with van der Waals surface area (Å²) in [5, 5.41) is 6.74. The predicted octanol–water partition coefficient (Wildman–Crippen LogP) is 2.39. The number of hydrogen-bond donors (Lipinski definition) is 2. The Bertz CT molecular complexity index is 776. The van der Waals surface area contributed by atoms with Gasteiger partial charge in [0.05, 0.1) is 36.8 Å². The second-order valence-corrected chi connectivity index (χ2v) is 6.81. The van der Waals surface area contributed by atoms with E-state index in [9.17, 15) is 4.39 Å². The van der Waals surface area contributed by atoms with Gasteiger partial charge in [-0.1, -0.05) is 6.07 Å². The Morgan fingerprint density at radius 1 is 1.42 bits per heavy atom. The third-order valence-corrected chi connectivity index (χ3v) is 4.99. The molecule has 3 heterocycles. The monoisotopic (exact) mass is 357 g/mol. The topological polar surface area (TPSA) is 63.5 Å². The summed E-state index contributed by atoms with van der Waals surface area (Å²) < 4.78 is 21.9. The highest BCUT2D eigenvalue weighted by Crippen LogP contribution is 2.34. The number of rotatable bonds is 5. The summed E-state index contributed by atoms with van der Waals surface area (Å²) in [4.78, 5) is 8.57. The number of aromatic nitrogens is 2. The first-order valence-corrected chi connectivity index (χ1v) is 9.20. The minimum absolute atomic E-state index is 0.282. The van der Waals surface area contributed by atoms with Crippen LogP contribution in [-0.2, 0) is 11.3 Å². The fraction of sp³-hybridized carbons (Fsp3) is 0.474. The Hall–Kier alpha value is -2.41. The highest BCUT2D eigenvalue weighted by Gasteiger charge is 2.41. The largest absolute Gasteiger partial charge is 0.373 e. The lowest BCUT2D eigenvalue weighted by atomic mass is 9.96. The molecule has 6 nitrogen and oxygen atoms in total. The lowest BCUT2D eigenvalue weighted by Gasteiger charge is -2.22. The number of halogens is 1. The van der Waals surface area contributed by atoms with Crippen molar-refractivity contribution in [2.45, 2.75) is 51.0 Å². The summed E-state index contributed by atoms with van der Waals surface area (Å²) in [6, 6.07) is 5.49. The van der Waals surface area contributed by atoms with Gasteiger partial charge in [0.25, 0.3) is 0 Å². The fourth-order valence-electron chi connectivity index (χ4n) is 3.72. The van der Waals surface area contributed by atoms with E-state index in [0.29, 0.717) is 24.4 Å². The number of benzene rings is 1. The molecule has 2 aromatic rings. The minimum Gasteiger partial charge on any atom is -0.373 e. The maximum absolute atomic E-state index is 14.4. The highest BCUT2D eigenvalue weighted by atomic mass is 19.1. The van der Waals surface area contributed by atoms with Crippen LogP contribution in [0.25, 0.3) is 5.69 Å². The first-order chi connectivity index (χ1) is 12.7. The van der Waals surface area contributed by atoms with Crippen LogP contribution >= 0.6 is 0 Å². The Kier molecular flexibility index (Phi) is 4.88. The molecule has 2 aliphatic heterocycles. The number of guanidine groups is 1. The van der Waals surface area contributed by atoms with Gasteiger partial charge in [-0.25, -0.2) is 14.4 Å². The summed E-state index contributed by atoms with van der Waals surface area (Å²) in [6.45, 7) is 3.23. The average Bonchev–Trinajstić information content (AvgIpc) is 3.38. The standard InChI is InChI=1S/C19H24FN5O/c1-2-22-19(24-16-10-14-4-6-18(16)26-14)23-11-13-3-5-17(15(20)9-13)25-8-7-21-12-25/h3,5,7-9,12,14,16,18H,2,4,6,10-11H2,1H3,(H2,22,23,24). The van der Waals surface area contributed by atoms with Crippen LogP contribution < -0.4 is 10.6 Å². The number of ether oxygens (including phenoxy) is 1. The van der Waals surface area contributed by atoms with Gasteiger partial charge in [0, 0.05) is 18.9 Å². The molecule has 1 aromatic heterocycles. The van der Waals surface area contributed by atoms with Crippen molar-refractivity contribution in [2.75, 3.05) is 6.54 Å². The average molecular weight is 357 g/mol. The van der Waals surface area contributed by atoms with Crippen molar-refractivity contribution in [1.82, 2.24) is 20.2 Å². The van der Waals surface area contributed by atoms with Crippen LogP contribution in [0.15, 0.2) is 41.9 Å². The molecule has 3 atom stereocenters. The van der Waals surface area contributed by atoms with Crippen molar-refractivity contribution in [2.24, 2.45) is 4.99 Å². The van der Waals surface area contributed by atoms with Crippen LogP contribution in [0.2, 0.25) is 0 Å². The Morgan fingerprint density at radius 3 is 3.00 bits per heavy atom. The Balaban J connectivity index is 1.43. The van der Waals surface area contributed by atoms with E-state index in [-0.39, 0.29) is 11.9 Å². The van der Waals surface area contributed by atoms with E-state index < -0.39 is 0 Å². The lowest BCUT2D eigenvalue weighted by molar-refractivity contribution is 0.0992. The summed E-state index contributed by atoms with van der Waals surface area (Å²) in [6.07, 6.45) is 8.93. The molecular weight excluding hydrogens is 333 g/mol. The van der Waals surface area contributed by atoms with Crippen LogP contribution in [-0.4, -0.2) is 40.3 Å². The van der Waals surface area contributed by atoms with Crippen molar-refractivity contribution < 1.29 is 9.13 Å². The normalized spacial score (nSPS) is 24.8. The van der Waals surface area contributed by atoms with Gasteiger partial charge in [0.1, 0.15) is 5.82 Å².